The van der Waals surface area contributed by atoms with E-state index in [0.717, 1.165) is 23.5 Å². The molecule has 2 aromatic heterocycles. The molecule has 0 saturated heterocycles. The Balaban J connectivity index is 1.70. The number of anilines is 1. The summed E-state index contributed by atoms with van der Waals surface area (Å²) in [5.74, 6) is -0.665. The average Bonchev–Trinajstić information content (AvgIpc) is 3.15. The summed E-state index contributed by atoms with van der Waals surface area (Å²) in [6.07, 6.45) is -1.04. The molecule has 0 aliphatic heterocycles. The van der Waals surface area contributed by atoms with Gasteiger partial charge in [0, 0.05) is 24.8 Å². The van der Waals surface area contributed by atoms with Gasteiger partial charge in [0.05, 0.1) is 23.5 Å². The van der Waals surface area contributed by atoms with E-state index >= 15 is 0 Å². The maximum atomic E-state index is 13.0. The van der Waals surface area contributed by atoms with Crippen molar-refractivity contribution in [2.24, 2.45) is 13.0 Å². The summed E-state index contributed by atoms with van der Waals surface area (Å²) >= 11 is 0. The molecule has 1 amide bonds. The molecule has 34 heavy (non-hydrogen) atoms. The number of rotatable bonds is 8. The molecule has 0 bridgehead atoms. The molecular weight excluding hydrogens is 434 g/mol. The van der Waals surface area contributed by atoms with Crippen LogP contribution in [0.25, 0.3) is 5.69 Å². The van der Waals surface area contributed by atoms with Crippen molar-refractivity contribution in [3.63, 3.8) is 0 Å². The number of nitrogens with one attached hydrogen (secondary N) is 1. The first kappa shape index (κ1) is 25.0. The molecule has 3 rings (SSSR count). The normalized spacial score (nSPS) is 12.1. The van der Waals surface area contributed by atoms with Gasteiger partial charge in [-0.15, -0.1) is 0 Å². The third kappa shape index (κ3) is 5.13. The highest BCUT2D eigenvalue weighted by atomic mass is 16.5. The maximum absolute atomic E-state index is 13.0. The standard InChI is InChI=1S/C25H33N5O4/c1-15(2)14-29-17(4)21(16(3)27-29)13-22(31)34-19(6)24(32)26-23-18(5)28(7)30(25(23)33)20-11-9-8-10-12-20/h8-12,15,19H,13-14H2,1-7H3,(H,26,32). The summed E-state index contributed by atoms with van der Waals surface area (Å²) in [6.45, 7) is 12.0. The average molecular weight is 468 g/mol. The Morgan fingerprint density at radius 3 is 2.32 bits per heavy atom. The predicted molar refractivity (Wildman–Crippen MR) is 130 cm³/mol. The molecule has 0 aliphatic rings. The van der Waals surface area contributed by atoms with Gasteiger partial charge in [0.1, 0.15) is 5.69 Å². The fourth-order valence-corrected chi connectivity index (χ4v) is 3.89. The number of nitrogens with zero attached hydrogens (tertiary/aromatic N) is 4. The molecule has 1 aromatic carbocycles. The molecule has 9 heteroatoms. The van der Waals surface area contributed by atoms with Gasteiger partial charge < -0.3 is 10.1 Å². The topological polar surface area (TPSA) is 100 Å². The van der Waals surface area contributed by atoms with Gasteiger partial charge >= 0.3 is 5.97 Å². The predicted octanol–water partition coefficient (Wildman–Crippen LogP) is 3.07. The number of para-hydroxylation sites is 1. The van der Waals surface area contributed by atoms with Gasteiger partial charge in [-0.2, -0.15) is 5.10 Å². The summed E-state index contributed by atoms with van der Waals surface area (Å²) in [7, 11) is 1.74. The lowest BCUT2D eigenvalue weighted by atomic mass is 10.1. The zero-order valence-electron chi connectivity index (χ0n) is 20.9. The zero-order valence-corrected chi connectivity index (χ0v) is 20.9. The summed E-state index contributed by atoms with van der Waals surface area (Å²) < 4.78 is 10.4. The molecule has 1 N–H and O–H groups in total. The van der Waals surface area contributed by atoms with Crippen LogP contribution in [0.3, 0.4) is 0 Å². The highest BCUT2D eigenvalue weighted by Gasteiger charge is 2.24. The van der Waals surface area contributed by atoms with Crippen LogP contribution in [0.1, 0.15) is 43.4 Å². The van der Waals surface area contributed by atoms with Crippen LogP contribution in [0.15, 0.2) is 35.1 Å². The van der Waals surface area contributed by atoms with Crippen LogP contribution in [-0.4, -0.2) is 37.1 Å². The molecule has 182 valence electrons. The van der Waals surface area contributed by atoms with E-state index in [4.69, 9.17) is 4.74 Å². The largest absolute Gasteiger partial charge is 0.452 e. The van der Waals surface area contributed by atoms with Crippen LogP contribution >= 0.6 is 0 Å². The van der Waals surface area contributed by atoms with Crippen molar-refractivity contribution >= 4 is 17.6 Å². The van der Waals surface area contributed by atoms with Crippen LogP contribution in [-0.2, 0) is 34.3 Å². The monoisotopic (exact) mass is 467 g/mol. The molecule has 0 aliphatic carbocycles. The van der Waals surface area contributed by atoms with Gasteiger partial charge in [0.2, 0.25) is 0 Å². The van der Waals surface area contributed by atoms with E-state index in [9.17, 15) is 14.4 Å². The number of amides is 1. The molecule has 3 aromatic rings. The van der Waals surface area contributed by atoms with Crippen molar-refractivity contribution in [3.05, 3.63) is 63.3 Å². The fraction of sp³-hybridized carbons (Fsp3) is 0.440. The molecule has 0 fully saturated rings. The number of benzene rings is 1. The number of hydrogen-bond acceptors (Lipinski definition) is 5. The minimum absolute atomic E-state index is 0.0263. The minimum Gasteiger partial charge on any atom is -0.452 e. The van der Waals surface area contributed by atoms with E-state index in [0.29, 0.717) is 17.3 Å². The van der Waals surface area contributed by atoms with Crippen molar-refractivity contribution < 1.29 is 14.3 Å². The van der Waals surface area contributed by atoms with E-state index in [-0.39, 0.29) is 17.7 Å². The van der Waals surface area contributed by atoms with Crippen LogP contribution in [0, 0.1) is 26.7 Å². The fourth-order valence-electron chi connectivity index (χ4n) is 3.89. The van der Waals surface area contributed by atoms with Gasteiger partial charge in [0.25, 0.3) is 11.5 Å². The van der Waals surface area contributed by atoms with Crippen LogP contribution in [0.4, 0.5) is 5.69 Å². The van der Waals surface area contributed by atoms with Gasteiger partial charge in [0.15, 0.2) is 6.10 Å². The quantitative estimate of drug-likeness (QED) is 0.513. The summed E-state index contributed by atoms with van der Waals surface area (Å²) in [5, 5.41) is 7.16. The Kier molecular flexibility index (Phi) is 7.44. The second-order valence-corrected chi connectivity index (χ2v) is 8.96. The Bertz CT molecular complexity index is 1250. The first-order valence-corrected chi connectivity index (χ1v) is 11.4. The number of carbonyl (C=O) groups is 2. The van der Waals surface area contributed by atoms with Crippen molar-refractivity contribution in [2.45, 2.75) is 60.6 Å². The van der Waals surface area contributed by atoms with E-state index in [1.54, 1.807) is 18.7 Å². The van der Waals surface area contributed by atoms with Crippen molar-refractivity contribution in [1.82, 2.24) is 19.1 Å². The van der Waals surface area contributed by atoms with Crippen LogP contribution in [0.5, 0.6) is 0 Å². The lowest BCUT2D eigenvalue weighted by Crippen LogP contribution is -2.32. The molecule has 1 unspecified atom stereocenters. The van der Waals surface area contributed by atoms with Gasteiger partial charge in [-0.1, -0.05) is 32.0 Å². The lowest BCUT2D eigenvalue weighted by Gasteiger charge is -2.13. The lowest BCUT2D eigenvalue weighted by molar-refractivity contribution is -0.152. The Morgan fingerprint density at radius 2 is 1.71 bits per heavy atom. The third-order valence-electron chi connectivity index (χ3n) is 5.87. The molecule has 0 radical (unpaired) electrons. The van der Waals surface area contributed by atoms with Gasteiger partial charge in [-0.05, 0) is 45.7 Å². The maximum Gasteiger partial charge on any atom is 0.311 e. The second-order valence-electron chi connectivity index (χ2n) is 8.96. The number of ether oxygens (including phenoxy) is 1. The van der Waals surface area contributed by atoms with E-state index in [1.165, 1.54) is 11.6 Å². The Morgan fingerprint density at radius 1 is 1.06 bits per heavy atom. The van der Waals surface area contributed by atoms with E-state index in [1.807, 2.05) is 48.9 Å². The third-order valence-corrected chi connectivity index (χ3v) is 5.87. The summed E-state index contributed by atoms with van der Waals surface area (Å²) in [4.78, 5) is 38.3. The smallest absolute Gasteiger partial charge is 0.311 e. The highest BCUT2D eigenvalue weighted by Crippen LogP contribution is 2.17. The number of carbonyl (C=O) groups excluding carboxylic acids is 2. The highest BCUT2D eigenvalue weighted by molar-refractivity contribution is 5.95. The van der Waals surface area contributed by atoms with Gasteiger partial charge in [-0.25, -0.2) is 4.68 Å². The first-order valence-electron chi connectivity index (χ1n) is 11.4. The molecule has 9 nitrogen and oxygen atoms in total. The number of hydrogen-bond donors (Lipinski definition) is 1. The summed E-state index contributed by atoms with van der Waals surface area (Å²) in [5.41, 5.74) is 3.56. The molecule has 0 spiro atoms. The molecular formula is C25H33N5O4. The molecule has 2 heterocycles. The Labute approximate surface area is 199 Å². The van der Waals surface area contributed by atoms with E-state index in [2.05, 4.69) is 24.3 Å². The van der Waals surface area contributed by atoms with Crippen molar-refractivity contribution in [2.75, 3.05) is 5.32 Å². The van der Waals surface area contributed by atoms with Gasteiger partial charge in [-0.3, -0.25) is 23.7 Å². The molecule has 0 saturated carbocycles. The number of aromatic nitrogens is 4. The van der Waals surface area contributed by atoms with E-state index < -0.39 is 18.0 Å². The number of aryl methyl sites for hydroxylation is 1. The molecule has 1 atom stereocenters. The first-order chi connectivity index (χ1) is 16.0. The van der Waals surface area contributed by atoms with Crippen LogP contribution < -0.4 is 10.9 Å². The van der Waals surface area contributed by atoms with Crippen molar-refractivity contribution in [3.8, 4) is 5.69 Å². The SMILES string of the molecule is Cc1nn(CC(C)C)c(C)c1CC(=O)OC(C)C(=O)Nc1c(C)n(C)n(-c2ccccc2)c1=O. The Hall–Kier alpha value is -3.62. The van der Waals surface area contributed by atoms with Crippen molar-refractivity contribution in [1.29, 1.82) is 0 Å². The summed E-state index contributed by atoms with van der Waals surface area (Å²) in [6, 6.07) is 9.15. The minimum atomic E-state index is -1.07. The zero-order chi connectivity index (χ0) is 25.2. The second kappa shape index (κ2) is 10.1. The van der Waals surface area contributed by atoms with Crippen LogP contribution in [0.2, 0.25) is 0 Å². The number of esters is 1.